The average Bonchev–Trinajstić information content (AvgIpc) is 3.31. The number of imidazole rings is 1. The maximum atomic E-state index is 12.7. The van der Waals surface area contributed by atoms with E-state index in [2.05, 4.69) is 10.3 Å². The van der Waals surface area contributed by atoms with E-state index < -0.39 is 6.04 Å². The van der Waals surface area contributed by atoms with Gasteiger partial charge in [0.15, 0.2) is 11.2 Å². The molecule has 0 spiro atoms. The molecule has 3 rings (SSSR count). The second-order valence-corrected chi connectivity index (χ2v) is 9.91. The lowest BCUT2D eigenvalue weighted by Crippen LogP contribution is -2.43. The molecule has 1 unspecified atom stereocenters. The van der Waals surface area contributed by atoms with E-state index in [1.807, 2.05) is 30.3 Å². The van der Waals surface area contributed by atoms with Crippen LogP contribution in [-0.2, 0) is 36.8 Å². The van der Waals surface area contributed by atoms with Crippen molar-refractivity contribution in [1.29, 1.82) is 0 Å². The number of nitrogens with one attached hydrogen (secondary N) is 1. The minimum absolute atomic E-state index is 0.168. The third kappa shape index (κ3) is 8.39. The first-order valence-corrected chi connectivity index (χ1v) is 13.7. The predicted molar refractivity (Wildman–Crippen MR) is 149 cm³/mol. The molecule has 38 heavy (non-hydrogen) atoms. The van der Waals surface area contributed by atoms with Gasteiger partial charge in [0.1, 0.15) is 6.04 Å². The van der Waals surface area contributed by atoms with Crippen molar-refractivity contribution in [1.82, 2.24) is 24.0 Å². The maximum Gasteiger partial charge on any atom is 0.332 e. The summed E-state index contributed by atoms with van der Waals surface area (Å²) in [6, 6.07) is 9.16. The smallest absolute Gasteiger partial charge is 0.332 e. The molecule has 1 amide bonds. The Hall–Kier alpha value is -3.24. The van der Waals surface area contributed by atoms with Crippen molar-refractivity contribution in [3.05, 3.63) is 63.1 Å². The molecule has 0 aliphatic carbocycles. The van der Waals surface area contributed by atoms with Crippen molar-refractivity contribution >= 4 is 17.1 Å². The molecule has 1 aromatic carbocycles. The van der Waals surface area contributed by atoms with Crippen LogP contribution in [-0.4, -0.2) is 43.8 Å². The van der Waals surface area contributed by atoms with Crippen LogP contribution in [0.15, 0.2) is 46.2 Å². The zero-order valence-electron chi connectivity index (χ0n) is 22.7. The number of nitrogens with zero attached hydrogens (tertiary/aromatic N) is 4. The molecule has 3 N–H and O–H groups in total. The van der Waals surface area contributed by atoms with Gasteiger partial charge in [-0.1, -0.05) is 75.3 Å². The summed E-state index contributed by atoms with van der Waals surface area (Å²) in [5.74, 6) is -0.168. The van der Waals surface area contributed by atoms with Gasteiger partial charge in [-0.15, -0.1) is 0 Å². The Morgan fingerprint density at radius 2 is 1.61 bits per heavy atom. The molecule has 1 atom stereocenters. The topological polar surface area (TPSA) is 126 Å². The molecule has 10 heteroatoms. The molecule has 0 aliphatic rings. The van der Waals surface area contributed by atoms with Crippen LogP contribution in [0.1, 0.15) is 63.4 Å². The highest BCUT2D eigenvalue weighted by atomic mass is 16.5. The van der Waals surface area contributed by atoms with Gasteiger partial charge in [-0.3, -0.25) is 18.7 Å². The monoisotopic (exact) mass is 526 g/mol. The van der Waals surface area contributed by atoms with Gasteiger partial charge in [0.2, 0.25) is 5.91 Å². The lowest BCUT2D eigenvalue weighted by Gasteiger charge is -2.13. The van der Waals surface area contributed by atoms with E-state index in [9.17, 15) is 14.4 Å². The number of rotatable bonds is 17. The van der Waals surface area contributed by atoms with Gasteiger partial charge in [-0.25, -0.2) is 9.78 Å². The van der Waals surface area contributed by atoms with Crippen molar-refractivity contribution in [2.75, 3.05) is 13.2 Å². The highest BCUT2D eigenvalue weighted by Gasteiger charge is 2.15. The lowest BCUT2D eigenvalue weighted by atomic mass is 10.1. The summed E-state index contributed by atoms with van der Waals surface area (Å²) in [6.07, 6.45) is 11.1. The van der Waals surface area contributed by atoms with Crippen LogP contribution in [0.25, 0.3) is 11.2 Å². The summed E-state index contributed by atoms with van der Waals surface area (Å²) in [4.78, 5) is 41.5. The summed E-state index contributed by atoms with van der Waals surface area (Å²) in [5, 5.41) is 2.90. The molecule has 10 nitrogen and oxygen atoms in total. The zero-order valence-corrected chi connectivity index (χ0v) is 22.7. The summed E-state index contributed by atoms with van der Waals surface area (Å²) in [7, 11) is 3.42. The highest BCUT2D eigenvalue weighted by molar-refractivity contribution is 5.81. The van der Waals surface area contributed by atoms with E-state index in [1.165, 1.54) is 15.6 Å². The molecule has 0 fully saturated rings. The number of benzene rings is 1. The Labute approximate surface area is 223 Å². The molecule has 208 valence electrons. The Kier molecular flexibility index (Phi) is 11.8. The van der Waals surface area contributed by atoms with Crippen molar-refractivity contribution in [2.24, 2.45) is 19.8 Å². The average molecular weight is 527 g/mol. The molecule has 0 saturated heterocycles. The first-order chi connectivity index (χ1) is 18.4. The quantitative estimate of drug-likeness (QED) is 0.260. The largest absolute Gasteiger partial charge is 0.375 e. The van der Waals surface area contributed by atoms with E-state index in [1.54, 1.807) is 25.0 Å². The Bertz CT molecular complexity index is 1260. The molecular weight excluding hydrogens is 484 g/mol. The number of fused-ring (bicyclic) bond motifs is 1. The fourth-order valence-corrected chi connectivity index (χ4v) is 4.52. The van der Waals surface area contributed by atoms with Gasteiger partial charge in [-0.2, -0.15) is 0 Å². The van der Waals surface area contributed by atoms with E-state index >= 15 is 0 Å². The van der Waals surface area contributed by atoms with Crippen molar-refractivity contribution in [2.45, 2.75) is 77.0 Å². The van der Waals surface area contributed by atoms with Crippen LogP contribution in [0, 0.1) is 0 Å². The molecule has 0 saturated carbocycles. The minimum atomic E-state index is -0.654. The number of unbranched alkanes of at least 4 members (excludes halogenated alkanes) is 8. The SMILES string of the molecule is Cn1cnc2c1c(=O)n(CCCCCCCCCCCNC(=O)C(N)COCc1ccccc1)c(=O)n2C. The number of hydrogen-bond donors (Lipinski definition) is 2. The minimum Gasteiger partial charge on any atom is -0.375 e. The van der Waals surface area contributed by atoms with Crippen molar-refractivity contribution in [3.63, 3.8) is 0 Å². The predicted octanol–water partition coefficient (Wildman–Crippen LogP) is 2.60. The highest BCUT2D eigenvalue weighted by Crippen LogP contribution is 2.10. The molecular formula is C28H42N6O4. The van der Waals surface area contributed by atoms with Gasteiger partial charge in [-0.05, 0) is 18.4 Å². The maximum absolute atomic E-state index is 12.7. The van der Waals surface area contributed by atoms with E-state index in [-0.39, 0.29) is 23.8 Å². The number of ether oxygens (including phenoxy) is 1. The molecule has 3 aromatic rings. The van der Waals surface area contributed by atoms with Gasteiger partial charge < -0.3 is 20.4 Å². The second kappa shape index (κ2) is 15.2. The summed E-state index contributed by atoms with van der Waals surface area (Å²) in [5.41, 5.74) is 7.28. The van der Waals surface area contributed by atoms with E-state index in [0.29, 0.717) is 30.9 Å². The first kappa shape index (κ1) is 29.3. The van der Waals surface area contributed by atoms with E-state index in [4.69, 9.17) is 10.5 Å². The van der Waals surface area contributed by atoms with Crippen LogP contribution < -0.4 is 22.3 Å². The molecule has 0 aliphatic heterocycles. The molecule has 0 bridgehead atoms. The third-order valence-corrected chi connectivity index (χ3v) is 6.80. The van der Waals surface area contributed by atoms with Crippen LogP contribution >= 0.6 is 0 Å². The van der Waals surface area contributed by atoms with Crippen molar-refractivity contribution < 1.29 is 9.53 Å². The normalized spacial score (nSPS) is 12.2. The van der Waals surface area contributed by atoms with Crippen LogP contribution in [0.4, 0.5) is 0 Å². The van der Waals surface area contributed by atoms with Crippen LogP contribution in [0.3, 0.4) is 0 Å². The van der Waals surface area contributed by atoms with Crippen LogP contribution in [0.5, 0.6) is 0 Å². The lowest BCUT2D eigenvalue weighted by molar-refractivity contribution is -0.123. The Morgan fingerprint density at radius 1 is 0.974 bits per heavy atom. The number of carbonyl (C=O) groups is 1. The fourth-order valence-electron chi connectivity index (χ4n) is 4.52. The summed E-state index contributed by atoms with van der Waals surface area (Å²) in [6.45, 7) is 1.72. The van der Waals surface area contributed by atoms with Gasteiger partial charge in [0, 0.05) is 27.2 Å². The van der Waals surface area contributed by atoms with Gasteiger partial charge >= 0.3 is 5.69 Å². The third-order valence-electron chi connectivity index (χ3n) is 6.80. The Balaban J connectivity index is 1.18. The number of carbonyl (C=O) groups excluding carboxylic acids is 1. The zero-order chi connectivity index (χ0) is 27.3. The number of nitrogens with two attached hydrogens (primary N) is 1. The first-order valence-electron chi connectivity index (χ1n) is 13.7. The Morgan fingerprint density at radius 3 is 2.29 bits per heavy atom. The molecule has 2 heterocycles. The number of hydrogen-bond acceptors (Lipinski definition) is 6. The summed E-state index contributed by atoms with van der Waals surface area (Å²) >= 11 is 0. The van der Waals surface area contributed by atoms with Gasteiger partial charge in [0.05, 0.1) is 19.5 Å². The van der Waals surface area contributed by atoms with Crippen LogP contribution in [0.2, 0.25) is 0 Å². The number of aryl methyl sites for hydroxylation is 2. The van der Waals surface area contributed by atoms with Gasteiger partial charge in [0.25, 0.3) is 5.56 Å². The van der Waals surface area contributed by atoms with Crippen molar-refractivity contribution in [3.8, 4) is 0 Å². The number of amides is 1. The van der Waals surface area contributed by atoms with E-state index in [0.717, 1.165) is 56.9 Å². The molecule has 2 aromatic heterocycles. The number of aromatic nitrogens is 4. The fraction of sp³-hybridized carbons (Fsp3) is 0.571. The summed E-state index contributed by atoms with van der Waals surface area (Å²) < 4.78 is 9.98. The molecule has 0 radical (unpaired) electrons. The standard InChI is InChI=1S/C28H42N6O4/c1-32-21-31-25-24(32)27(36)34(28(37)33(25)2)18-14-9-7-5-3-4-6-8-13-17-30-26(35)23(29)20-38-19-22-15-11-10-12-16-22/h10-12,15-16,21,23H,3-9,13-14,17-20,29H2,1-2H3,(H,30,35). The second-order valence-electron chi connectivity index (χ2n) is 9.91.